The molecule has 198 valence electrons. The highest BCUT2D eigenvalue weighted by Crippen LogP contribution is 2.35. The standard InChI is InChI=1S/C28H33ClN2O4S2/c1-5-21(4)31(37(33,34)23-9-6-19(2)7-10-23)17-28(32)30-14-12-27-24(13-15-36-27)26(30)18-35-22-8-11-25(29)20(3)16-22/h6-11,13,15-16,21,26H,5,12,14,17-18H2,1-4H3/t21-,26-/m0/s1. The van der Waals surface area contributed by atoms with Crippen LogP contribution in [0.1, 0.15) is 47.9 Å². The van der Waals surface area contributed by atoms with Crippen LogP contribution in [0.3, 0.4) is 0 Å². The van der Waals surface area contributed by atoms with E-state index in [0.717, 1.165) is 23.1 Å². The van der Waals surface area contributed by atoms with Crippen LogP contribution in [0.2, 0.25) is 5.02 Å². The first-order valence-corrected chi connectivity index (χ1v) is 15.1. The van der Waals surface area contributed by atoms with Crippen LogP contribution in [0.15, 0.2) is 58.8 Å². The van der Waals surface area contributed by atoms with Crippen LogP contribution in [0, 0.1) is 13.8 Å². The van der Waals surface area contributed by atoms with Gasteiger partial charge in [0.25, 0.3) is 0 Å². The third-order valence-electron chi connectivity index (χ3n) is 6.95. The molecule has 0 spiro atoms. The maximum atomic E-state index is 13.8. The van der Waals surface area contributed by atoms with E-state index >= 15 is 0 Å². The average molecular weight is 561 g/mol. The molecule has 6 nitrogen and oxygen atoms in total. The molecule has 0 N–H and O–H groups in total. The molecule has 2 atom stereocenters. The maximum absolute atomic E-state index is 13.8. The topological polar surface area (TPSA) is 66.9 Å². The number of hydrogen-bond acceptors (Lipinski definition) is 5. The van der Waals surface area contributed by atoms with Crippen molar-refractivity contribution in [2.75, 3.05) is 19.7 Å². The van der Waals surface area contributed by atoms with E-state index in [1.54, 1.807) is 46.6 Å². The van der Waals surface area contributed by atoms with Crippen molar-refractivity contribution in [1.29, 1.82) is 0 Å². The zero-order valence-electron chi connectivity index (χ0n) is 21.6. The van der Waals surface area contributed by atoms with Crippen molar-refractivity contribution in [2.45, 2.75) is 57.5 Å². The molecule has 9 heteroatoms. The van der Waals surface area contributed by atoms with E-state index in [4.69, 9.17) is 16.3 Å². The predicted molar refractivity (Wildman–Crippen MR) is 149 cm³/mol. The summed E-state index contributed by atoms with van der Waals surface area (Å²) in [5.74, 6) is 0.452. The summed E-state index contributed by atoms with van der Waals surface area (Å²) in [4.78, 5) is 17.0. The van der Waals surface area contributed by atoms with Gasteiger partial charge in [0.2, 0.25) is 15.9 Å². The van der Waals surface area contributed by atoms with Gasteiger partial charge in [-0.1, -0.05) is 36.2 Å². The normalized spacial score (nSPS) is 16.5. The molecule has 2 aromatic carbocycles. The van der Waals surface area contributed by atoms with Gasteiger partial charge in [-0.25, -0.2) is 8.42 Å². The Bertz CT molecular complexity index is 1350. The average Bonchev–Trinajstić information content (AvgIpc) is 3.36. The molecule has 0 saturated heterocycles. The minimum Gasteiger partial charge on any atom is -0.491 e. The van der Waals surface area contributed by atoms with E-state index in [2.05, 4.69) is 0 Å². The Morgan fingerprint density at radius 2 is 1.92 bits per heavy atom. The molecular weight excluding hydrogens is 528 g/mol. The van der Waals surface area contributed by atoms with E-state index in [9.17, 15) is 13.2 Å². The fourth-order valence-electron chi connectivity index (χ4n) is 4.51. The Morgan fingerprint density at radius 1 is 1.19 bits per heavy atom. The van der Waals surface area contributed by atoms with Crippen molar-refractivity contribution in [3.63, 3.8) is 0 Å². The first kappa shape index (κ1) is 27.6. The lowest BCUT2D eigenvalue weighted by Crippen LogP contribution is -2.49. The van der Waals surface area contributed by atoms with Crippen LogP contribution in [-0.2, 0) is 21.2 Å². The molecule has 1 aromatic heterocycles. The highest BCUT2D eigenvalue weighted by Gasteiger charge is 2.36. The lowest BCUT2D eigenvalue weighted by Gasteiger charge is -2.37. The molecule has 1 aliphatic rings. The monoisotopic (exact) mass is 560 g/mol. The summed E-state index contributed by atoms with van der Waals surface area (Å²) in [6, 6.07) is 13.7. The number of hydrogen-bond donors (Lipinski definition) is 0. The van der Waals surface area contributed by atoms with Gasteiger partial charge in [-0.05, 0) is 86.5 Å². The highest BCUT2D eigenvalue weighted by atomic mass is 35.5. The largest absolute Gasteiger partial charge is 0.491 e. The Labute approximate surface area is 228 Å². The third kappa shape index (κ3) is 6.03. The molecular formula is C28H33ClN2O4S2. The summed E-state index contributed by atoms with van der Waals surface area (Å²) in [7, 11) is -3.85. The molecule has 4 rings (SSSR count). The lowest BCUT2D eigenvalue weighted by molar-refractivity contribution is -0.135. The van der Waals surface area contributed by atoms with Gasteiger partial charge in [-0.3, -0.25) is 4.79 Å². The van der Waals surface area contributed by atoms with E-state index in [-0.39, 0.29) is 36.0 Å². The summed E-state index contributed by atoms with van der Waals surface area (Å²) in [5, 5.41) is 2.70. The zero-order chi connectivity index (χ0) is 26.7. The third-order valence-corrected chi connectivity index (χ3v) is 10.3. The van der Waals surface area contributed by atoms with E-state index in [1.807, 2.05) is 51.3 Å². The van der Waals surface area contributed by atoms with E-state index in [1.165, 1.54) is 9.18 Å². The first-order valence-electron chi connectivity index (χ1n) is 12.4. The van der Waals surface area contributed by atoms with Crippen molar-refractivity contribution < 1.29 is 17.9 Å². The molecule has 0 bridgehead atoms. The van der Waals surface area contributed by atoms with Gasteiger partial charge < -0.3 is 9.64 Å². The minimum absolute atomic E-state index is 0.197. The number of amides is 1. The Kier molecular flexibility index (Phi) is 8.63. The lowest BCUT2D eigenvalue weighted by atomic mass is 10.0. The number of benzene rings is 2. The summed E-state index contributed by atoms with van der Waals surface area (Å²) in [6.45, 7) is 8.16. The molecule has 0 radical (unpaired) electrons. The number of sulfonamides is 1. The van der Waals surface area contributed by atoms with E-state index < -0.39 is 10.0 Å². The molecule has 0 saturated carbocycles. The number of carbonyl (C=O) groups is 1. The van der Waals surface area contributed by atoms with Crippen molar-refractivity contribution in [1.82, 2.24) is 9.21 Å². The predicted octanol–water partition coefficient (Wildman–Crippen LogP) is 6.01. The van der Waals surface area contributed by atoms with Crippen LogP contribution < -0.4 is 4.74 Å². The Morgan fingerprint density at radius 3 is 2.59 bits per heavy atom. The molecule has 0 fully saturated rings. The Balaban J connectivity index is 1.59. The second-order valence-electron chi connectivity index (χ2n) is 9.49. The summed E-state index contributed by atoms with van der Waals surface area (Å²) < 4.78 is 34.7. The number of aryl methyl sites for hydroxylation is 2. The summed E-state index contributed by atoms with van der Waals surface area (Å²) >= 11 is 7.84. The van der Waals surface area contributed by atoms with Crippen molar-refractivity contribution in [3.8, 4) is 5.75 Å². The zero-order valence-corrected chi connectivity index (χ0v) is 24.0. The first-order chi connectivity index (χ1) is 17.6. The van der Waals surface area contributed by atoms with Crippen LogP contribution in [0.5, 0.6) is 5.75 Å². The minimum atomic E-state index is -3.85. The van der Waals surface area contributed by atoms with Crippen LogP contribution in [0.25, 0.3) is 0 Å². The van der Waals surface area contributed by atoms with E-state index in [0.29, 0.717) is 23.7 Å². The SMILES string of the molecule is CC[C@H](C)N(CC(=O)N1CCc2sccc2[C@@H]1COc1ccc(Cl)c(C)c1)S(=O)(=O)c1ccc(C)cc1. The van der Waals surface area contributed by atoms with Crippen molar-refractivity contribution >= 4 is 38.9 Å². The van der Waals surface area contributed by atoms with Crippen LogP contribution in [-0.4, -0.2) is 49.3 Å². The Hall–Kier alpha value is -2.39. The van der Waals surface area contributed by atoms with Crippen LogP contribution >= 0.6 is 22.9 Å². The molecule has 1 aliphatic heterocycles. The fourth-order valence-corrected chi connectivity index (χ4v) is 7.21. The van der Waals surface area contributed by atoms with Gasteiger partial charge in [-0.15, -0.1) is 11.3 Å². The van der Waals surface area contributed by atoms with Crippen molar-refractivity contribution in [3.05, 3.63) is 80.5 Å². The quantitative estimate of drug-likeness (QED) is 0.321. The molecule has 0 aliphatic carbocycles. The van der Waals surface area contributed by atoms with Gasteiger partial charge in [0.1, 0.15) is 12.4 Å². The summed E-state index contributed by atoms with van der Waals surface area (Å²) in [6.07, 6.45) is 1.33. The van der Waals surface area contributed by atoms with Crippen molar-refractivity contribution in [2.24, 2.45) is 0 Å². The number of halogens is 1. The smallest absolute Gasteiger partial charge is 0.243 e. The number of nitrogens with zero attached hydrogens (tertiary/aromatic N) is 2. The second kappa shape index (κ2) is 11.6. The number of thiophene rings is 1. The number of rotatable bonds is 9. The molecule has 2 heterocycles. The molecule has 3 aromatic rings. The van der Waals surface area contributed by atoms with Gasteiger partial charge in [0.05, 0.1) is 17.5 Å². The summed E-state index contributed by atoms with van der Waals surface area (Å²) in [5.41, 5.74) is 2.95. The fraction of sp³-hybridized carbons (Fsp3) is 0.393. The van der Waals surface area contributed by atoms with Gasteiger partial charge >= 0.3 is 0 Å². The maximum Gasteiger partial charge on any atom is 0.243 e. The molecule has 0 unspecified atom stereocenters. The molecule has 1 amide bonds. The van der Waals surface area contributed by atoms with Gasteiger partial charge in [0.15, 0.2) is 0 Å². The number of fused-ring (bicyclic) bond motifs is 1. The van der Waals surface area contributed by atoms with Gasteiger partial charge in [0, 0.05) is 22.5 Å². The molecule has 37 heavy (non-hydrogen) atoms. The second-order valence-corrected chi connectivity index (χ2v) is 12.8. The van der Waals surface area contributed by atoms with Gasteiger partial charge in [-0.2, -0.15) is 4.31 Å². The number of ether oxygens (including phenoxy) is 1. The van der Waals surface area contributed by atoms with Crippen LogP contribution in [0.4, 0.5) is 0 Å². The number of carbonyl (C=O) groups excluding carboxylic acids is 1. The highest BCUT2D eigenvalue weighted by molar-refractivity contribution is 7.89.